The van der Waals surface area contributed by atoms with E-state index in [4.69, 9.17) is 0 Å². The number of rotatable bonds is 0. The first-order chi connectivity index (χ1) is 6.93. The Hall–Kier alpha value is -1.04. The van der Waals surface area contributed by atoms with Crippen molar-refractivity contribution < 1.29 is 0 Å². The lowest BCUT2D eigenvalue weighted by molar-refractivity contribution is 0.683. The fourth-order valence-corrected chi connectivity index (χ4v) is 2.69. The molecule has 3 rings (SSSR count). The van der Waals surface area contributed by atoms with Gasteiger partial charge in [0.25, 0.3) is 0 Å². The van der Waals surface area contributed by atoms with Crippen LogP contribution < -0.4 is 0 Å². The molecule has 0 fully saturated rings. The quantitative estimate of drug-likeness (QED) is 0.543. The Balaban J connectivity index is 2.09. The third-order valence-electron chi connectivity index (χ3n) is 3.51. The van der Waals surface area contributed by atoms with Gasteiger partial charge in [-0.2, -0.15) is 0 Å². The maximum absolute atomic E-state index is 2.47. The Labute approximate surface area is 85.6 Å². The van der Waals surface area contributed by atoms with Gasteiger partial charge >= 0.3 is 0 Å². The van der Waals surface area contributed by atoms with Crippen LogP contribution in [0.15, 0.2) is 24.3 Å². The van der Waals surface area contributed by atoms with Crippen molar-refractivity contribution in [3.05, 3.63) is 46.5 Å². The zero-order valence-electron chi connectivity index (χ0n) is 8.55. The van der Waals surface area contributed by atoms with Crippen molar-refractivity contribution >= 4 is 0 Å². The van der Waals surface area contributed by atoms with Crippen LogP contribution in [0, 0.1) is 0 Å². The number of allylic oxidation sites excluding steroid dienone is 2. The highest BCUT2D eigenvalue weighted by Gasteiger charge is 2.13. The van der Waals surface area contributed by atoms with E-state index in [1.54, 1.807) is 22.3 Å². The van der Waals surface area contributed by atoms with E-state index in [2.05, 4.69) is 24.3 Å². The van der Waals surface area contributed by atoms with Crippen LogP contribution in [0.3, 0.4) is 0 Å². The summed E-state index contributed by atoms with van der Waals surface area (Å²) in [6.07, 6.45) is 12.3. The smallest absolute Gasteiger partial charge is 0.00944 e. The largest absolute Gasteiger partial charge is 0.0838 e. The van der Waals surface area contributed by atoms with Gasteiger partial charge in [0.2, 0.25) is 0 Å². The lowest BCUT2D eigenvalue weighted by Gasteiger charge is -2.20. The predicted molar refractivity (Wildman–Crippen MR) is 59.6 cm³/mol. The Kier molecular flexibility index (Phi) is 1.93. The van der Waals surface area contributed by atoms with Gasteiger partial charge in [0.05, 0.1) is 0 Å². The van der Waals surface area contributed by atoms with Gasteiger partial charge in [-0.15, -0.1) is 0 Å². The molecule has 0 amide bonds. The van der Waals surface area contributed by atoms with Gasteiger partial charge in [-0.25, -0.2) is 0 Å². The monoisotopic (exact) mass is 184 g/mol. The number of hydrogen-bond acceptors (Lipinski definition) is 0. The van der Waals surface area contributed by atoms with Crippen molar-refractivity contribution in [3.63, 3.8) is 0 Å². The standard InChI is InChI=1S/C14H16/c1-2-6-12-10-14-8-4-3-7-13(14)9-11(12)5-1/h1-2,9-10H,3-8H2. The zero-order chi connectivity index (χ0) is 9.38. The number of fused-ring (bicyclic) bond motifs is 2. The van der Waals surface area contributed by atoms with Gasteiger partial charge in [-0.3, -0.25) is 0 Å². The molecule has 0 saturated heterocycles. The molecule has 0 heteroatoms. The fourth-order valence-electron chi connectivity index (χ4n) is 2.69. The molecule has 72 valence electrons. The molecule has 1 aromatic rings. The van der Waals surface area contributed by atoms with Crippen LogP contribution in [-0.4, -0.2) is 0 Å². The number of hydrogen-bond donors (Lipinski definition) is 0. The lowest BCUT2D eigenvalue weighted by Crippen LogP contribution is -2.07. The highest BCUT2D eigenvalue weighted by molar-refractivity contribution is 5.43. The molecule has 0 atom stereocenters. The summed E-state index contributed by atoms with van der Waals surface area (Å²) in [5, 5.41) is 0. The van der Waals surface area contributed by atoms with E-state index in [1.165, 1.54) is 25.7 Å². The second-order valence-corrected chi connectivity index (χ2v) is 4.48. The molecule has 0 bridgehead atoms. The zero-order valence-corrected chi connectivity index (χ0v) is 8.55. The van der Waals surface area contributed by atoms with Crippen molar-refractivity contribution in [2.75, 3.05) is 0 Å². The SMILES string of the molecule is C1=CCc2cc3c(cc2C1)CCCC3. The topological polar surface area (TPSA) is 0 Å². The van der Waals surface area contributed by atoms with Crippen LogP contribution >= 0.6 is 0 Å². The molecule has 0 heterocycles. The predicted octanol–water partition coefficient (Wildman–Crippen LogP) is 3.22. The summed E-state index contributed by atoms with van der Waals surface area (Å²) >= 11 is 0. The number of aryl methyl sites for hydroxylation is 2. The lowest BCUT2D eigenvalue weighted by atomic mass is 9.85. The average molecular weight is 184 g/mol. The third-order valence-corrected chi connectivity index (χ3v) is 3.51. The van der Waals surface area contributed by atoms with Gasteiger partial charge < -0.3 is 0 Å². The van der Waals surface area contributed by atoms with Crippen LogP contribution in [0.5, 0.6) is 0 Å². The highest BCUT2D eigenvalue weighted by Crippen LogP contribution is 2.27. The molecule has 0 aliphatic heterocycles. The molecule has 0 nitrogen and oxygen atoms in total. The summed E-state index contributed by atoms with van der Waals surface area (Å²) in [6.45, 7) is 0. The molecule has 0 unspecified atom stereocenters. The fraction of sp³-hybridized carbons (Fsp3) is 0.429. The van der Waals surface area contributed by atoms with E-state index in [0.29, 0.717) is 0 Å². The maximum Gasteiger partial charge on any atom is -0.00944 e. The first kappa shape index (κ1) is 8.28. The average Bonchev–Trinajstić information content (AvgIpc) is 2.26. The summed E-state index contributed by atoms with van der Waals surface area (Å²) in [5.74, 6) is 0. The number of benzene rings is 1. The molecule has 2 aliphatic rings. The second kappa shape index (κ2) is 3.27. The molecule has 1 aromatic carbocycles. The van der Waals surface area contributed by atoms with Gasteiger partial charge in [0, 0.05) is 0 Å². The third kappa shape index (κ3) is 1.30. The van der Waals surface area contributed by atoms with Crippen LogP contribution in [0.25, 0.3) is 0 Å². The Morgan fingerprint density at radius 3 is 1.64 bits per heavy atom. The first-order valence-corrected chi connectivity index (χ1v) is 5.72. The molecular weight excluding hydrogens is 168 g/mol. The summed E-state index contributed by atoms with van der Waals surface area (Å²) in [7, 11) is 0. The molecule has 2 aliphatic carbocycles. The van der Waals surface area contributed by atoms with Gasteiger partial charge in [0.15, 0.2) is 0 Å². The van der Waals surface area contributed by atoms with Gasteiger partial charge in [-0.05, 0) is 60.8 Å². The summed E-state index contributed by atoms with van der Waals surface area (Å²) in [6, 6.07) is 4.93. The van der Waals surface area contributed by atoms with Crippen molar-refractivity contribution in [1.29, 1.82) is 0 Å². The first-order valence-electron chi connectivity index (χ1n) is 5.72. The minimum absolute atomic E-state index is 1.16. The Morgan fingerprint density at radius 2 is 1.14 bits per heavy atom. The molecular formula is C14H16. The summed E-state index contributed by atoms with van der Waals surface area (Å²) in [4.78, 5) is 0. The van der Waals surface area contributed by atoms with Crippen molar-refractivity contribution in [2.24, 2.45) is 0 Å². The molecule has 0 saturated carbocycles. The Morgan fingerprint density at radius 1 is 0.643 bits per heavy atom. The van der Waals surface area contributed by atoms with Crippen molar-refractivity contribution in [1.82, 2.24) is 0 Å². The van der Waals surface area contributed by atoms with Crippen LogP contribution in [-0.2, 0) is 25.7 Å². The van der Waals surface area contributed by atoms with Crippen LogP contribution in [0.4, 0.5) is 0 Å². The van der Waals surface area contributed by atoms with E-state index < -0.39 is 0 Å². The van der Waals surface area contributed by atoms with E-state index in [1.807, 2.05) is 0 Å². The van der Waals surface area contributed by atoms with Crippen molar-refractivity contribution in [2.45, 2.75) is 38.5 Å². The Bertz CT molecular complexity index is 348. The normalized spacial score (nSPS) is 18.9. The van der Waals surface area contributed by atoms with E-state index in [9.17, 15) is 0 Å². The molecule has 14 heavy (non-hydrogen) atoms. The minimum Gasteiger partial charge on any atom is -0.0838 e. The summed E-state index contributed by atoms with van der Waals surface area (Å²) in [5.41, 5.74) is 6.41. The van der Waals surface area contributed by atoms with Crippen LogP contribution in [0.2, 0.25) is 0 Å². The van der Waals surface area contributed by atoms with Crippen LogP contribution in [0.1, 0.15) is 35.1 Å². The van der Waals surface area contributed by atoms with Gasteiger partial charge in [0.1, 0.15) is 0 Å². The van der Waals surface area contributed by atoms with E-state index in [-0.39, 0.29) is 0 Å². The molecule has 0 spiro atoms. The molecule has 0 radical (unpaired) electrons. The summed E-state index contributed by atoms with van der Waals surface area (Å²) < 4.78 is 0. The second-order valence-electron chi connectivity index (χ2n) is 4.48. The molecule has 0 N–H and O–H groups in total. The maximum atomic E-state index is 2.47. The van der Waals surface area contributed by atoms with E-state index in [0.717, 1.165) is 12.8 Å². The molecule has 0 aromatic heterocycles. The minimum atomic E-state index is 1.16. The van der Waals surface area contributed by atoms with E-state index >= 15 is 0 Å². The van der Waals surface area contributed by atoms with Crippen molar-refractivity contribution in [3.8, 4) is 0 Å². The highest BCUT2D eigenvalue weighted by atomic mass is 14.2. The van der Waals surface area contributed by atoms with Gasteiger partial charge in [-0.1, -0.05) is 24.3 Å².